The highest BCUT2D eigenvalue weighted by atomic mass is 19.1. The van der Waals surface area contributed by atoms with Gasteiger partial charge in [-0.25, -0.2) is 24.3 Å². The van der Waals surface area contributed by atoms with Gasteiger partial charge in [0.05, 0.1) is 18.0 Å². The Morgan fingerprint density at radius 2 is 2.04 bits per heavy atom. The summed E-state index contributed by atoms with van der Waals surface area (Å²) >= 11 is 0. The summed E-state index contributed by atoms with van der Waals surface area (Å²) in [6.07, 6.45) is 6.31. The standard InChI is InChI=1S/C18H22FN5O/c1-3-14-15(19)17(22-11-21-14)24-7-5-18(6-8-24)16-13(4-9-25-18)10-20-12(2)23-16/h10-11H,3-9H2,1-2H3. The van der Waals surface area contributed by atoms with E-state index >= 15 is 0 Å². The molecule has 4 heterocycles. The smallest absolute Gasteiger partial charge is 0.187 e. The van der Waals surface area contributed by atoms with Gasteiger partial charge in [-0.15, -0.1) is 0 Å². The molecular weight excluding hydrogens is 321 g/mol. The number of ether oxygens (including phenoxy) is 1. The van der Waals surface area contributed by atoms with Gasteiger partial charge in [-0.1, -0.05) is 6.92 Å². The van der Waals surface area contributed by atoms with Crippen LogP contribution in [0.1, 0.15) is 42.5 Å². The summed E-state index contributed by atoms with van der Waals surface area (Å²) in [6.45, 7) is 5.84. The van der Waals surface area contributed by atoms with Gasteiger partial charge < -0.3 is 9.64 Å². The van der Waals surface area contributed by atoms with Crippen molar-refractivity contribution in [2.75, 3.05) is 24.6 Å². The number of rotatable bonds is 2. The number of piperidine rings is 1. The summed E-state index contributed by atoms with van der Waals surface area (Å²) in [5.41, 5.74) is 2.28. The molecule has 25 heavy (non-hydrogen) atoms. The molecule has 0 bridgehead atoms. The summed E-state index contributed by atoms with van der Waals surface area (Å²) in [7, 11) is 0. The van der Waals surface area contributed by atoms with E-state index in [-0.39, 0.29) is 11.4 Å². The molecule has 0 atom stereocenters. The third-order valence-electron chi connectivity index (χ3n) is 5.22. The first-order chi connectivity index (χ1) is 12.1. The van der Waals surface area contributed by atoms with E-state index in [1.807, 2.05) is 24.9 Å². The molecule has 7 heteroatoms. The van der Waals surface area contributed by atoms with Crippen molar-refractivity contribution in [3.63, 3.8) is 0 Å². The van der Waals surface area contributed by atoms with Crippen molar-refractivity contribution in [1.29, 1.82) is 0 Å². The minimum Gasteiger partial charge on any atom is -0.368 e. The van der Waals surface area contributed by atoms with Gasteiger partial charge in [0.25, 0.3) is 0 Å². The second-order valence-corrected chi connectivity index (χ2v) is 6.68. The SMILES string of the molecule is CCc1ncnc(N2CCC3(CC2)OCCc2cnc(C)nc23)c1F. The lowest BCUT2D eigenvalue weighted by molar-refractivity contribution is -0.0804. The third-order valence-corrected chi connectivity index (χ3v) is 5.22. The molecule has 2 aliphatic rings. The van der Waals surface area contributed by atoms with Crippen LogP contribution >= 0.6 is 0 Å². The zero-order valence-corrected chi connectivity index (χ0v) is 14.6. The number of anilines is 1. The molecule has 0 N–H and O–H groups in total. The fourth-order valence-corrected chi connectivity index (χ4v) is 3.82. The van der Waals surface area contributed by atoms with Crippen LogP contribution in [0.25, 0.3) is 0 Å². The highest BCUT2D eigenvalue weighted by molar-refractivity contribution is 5.42. The summed E-state index contributed by atoms with van der Waals surface area (Å²) < 4.78 is 20.8. The molecule has 1 spiro atoms. The van der Waals surface area contributed by atoms with E-state index in [2.05, 4.69) is 19.9 Å². The quantitative estimate of drug-likeness (QED) is 0.834. The van der Waals surface area contributed by atoms with E-state index in [1.165, 1.54) is 11.9 Å². The molecule has 0 amide bonds. The van der Waals surface area contributed by atoms with Crippen LogP contribution in [0.4, 0.5) is 10.2 Å². The Balaban J connectivity index is 1.60. The van der Waals surface area contributed by atoms with Crippen molar-refractivity contribution >= 4 is 5.82 Å². The molecule has 2 aromatic rings. The van der Waals surface area contributed by atoms with Gasteiger partial charge in [0.15, 0.2) is 11.6 Å². The van der Waals surface area contributed by atoms with Gasteiger partial charge in [0.2, 0.25) is 0 Å². The number of halogens is 1. The Labute approximate surface area is 146 Å². The molecule has 2 aromatic heterocycles. The molecule has 1 fully saturated rings. The van der Waals surface area contributed by atoms with Crippen molar-refractivity contribution in [3.8, 4) is 0 Å². The normalized spacial score (nSPS) is 19.1. The maximum atomic E-state index is 14.6. The Hall–Kier alpha value is -2.15. The highest BCUT2D eigenvalue weighted by Crippen LogP contribution is 2.41. The van der Waals surface area contributed by atoms with Gasteiger partial charge in [-0.2, -0.15) is 0 Å². The topological polar surface area (TPSA) is 64.0 Å². The fourth-order valence-electron chi connectivity index (χ4n) is 3.82. The minimum atomic E-state index is -0.380. The van der Waals surface area contributed by atoms with Crippen molar-refractivity contribution in [2.45, 2.75) is 45.1 Å². The lowest BCUT2D eigenvalue weighted by Gasteiger charge is -2.44. The van der Waals surface area contributed by atoms with Crippen LogP contribution in [-0.2, 0) is 23.2 Å². The summed E-state index contributed by atoms with van der Waals surface area (Å²) in [5, 5.41) is 0. The molecule has 132 valence electrons. The third kappa shape index (κ3) is 2.76. The van der Waals surface area contributed by atoms with Crippen molar-refractivity contribution in [1.82, 2.24) is 19.9 Å². The molecular formula is C18H22FN5O. The Bertz CT molecular complexity index is 789. The fraction of sp³-hybridized carbons (Fsp3) is 0.556. The molecule has 0 aliphatic carbocycles. The molecule has 6 nitrogen and oxygen atoms in total. The summed E-state index contributed by atoms with van der Waals surface area (Å²) in [4.78, 5) is 19.2. The van der Waals surface area contributed by atoms with Crippen LogP contribution in [0.2, 0.25) is 0 Å². The summed E-state index contributed by atoms with van der Waals surface area (Å²) in [6, 6.07) is 0. The van der Waals surface area contributed by atoms with Crippen molar-refractivity contribution in [2.24, 2.45) is 0 Å². The predicted octanol–water partition coefficient (Wildman–Crippen LogP) is 2.34. The van der Waals surface area contributed by atoms with Crippen LogP contribution in [0.3, 0.4) is 0 Å². The van der Waals surface area contributed by atoms with E-state index in [9.17, 15) is 4.39 Å². The number of fused-ring (bicyclic) bond motifs is 2. The Kier molecular flexibility index (Phi) is 4.11. The average molecular weight is 343 g/mol. The summed E-state index contributed by atoms with van der Waals surface area (Å²) in [5.74, 6) is 0.862. The second-order valence-electron chi connectivity index (χ2n) is 6.68. The van der Waals surface area contributed by atoms with Crippen LogP contribution < -0.4 is 4.90 Å². The van der Waals surface area contributed by atoms with E-state index in [4.69, 9.17) is 4.74 Å². The average Bonchev–Trinajstić information content (AvgIpc) is 2.64. The van der Waals surface area contributed by atoms with E-state index in [0.29, 0.717) is 37.6 Å². The van der Waals surface area contributed by atoms with Gasteiger partial charge >= 0.3 is 0 Å². The molecule has 0 saturated carbocycles. The first-order valence-corrected chi connectivity index (χ1v) is 8.84. The monoisotopic (exact) mass is 343 g/mol. The number of hydrogen-bond donors (Lipinski definition) is 0. The lowest BCUT2D eigenvalue weighted by atomic mass is 9.83. The zero-order chi connectivity index (χ0) is 17.4. The highest BCUT2D eigenvalue weighted by Gasteiger charge is 2.43. The van der Waals surface area contributed by atoms with Crippen molar-refractivity contribution in [3.05, 3.63) is 41.1 Å². The molecule has 4 rings (SSSR count). The number of hydrogen-bond acceptors (Lipinski definition) is 6. The number of aryl methyl sites for hydroxylation is 2. The van der Waals surface area contributed by atoms with Crippen LogP contribution in [0, 0.1) is 12.7 Å². The first kappa shape index (κ1) is 16.3. The van der Waals surface area contributed by atoms with Gasteiger partial charge in [0.1, 0.15) is 17.8 Å². The largest absolute Gasteiger partial charge is 0.368 e. The lowest BCUT2D eigenvalue weighted by Crippen LogP contribution is -2.47. The van der Waals surface area contributed by atoms with E-state index < -0.39 is 0 Å². The molecule has 0 radical (unpaired) electrons. The maximum absolute atomic E-state index is 14.6. The molecule has 0 aromatic carbocycles. The zero-order valence-electron chi connectivity index (χ0n) is 14.6. The Morgan fingerprint density at radius 3 is 2.80 bits per heavy atom. The maximum Gasteiger partial charge on any atom is 0.187 e. The van der Waals surface area contributed by atoms with Crippen molar-refractivity contribution < 1.29 is 9.13 Å². The van der Waals surface area contributed by atoms with E-state index in [1.54, 1.807) is 0 Å². The number of nitrogens with zero attached hydrogens (tertiary/aromatic N) is 5. The van der Waals surface area contributed by atoms with Gasteiger partial charge in [-0.3, -0.25) is 0 Å². The van der Waals surface area contributed by atoms with Gasteiger partial charge in [0, 0.05) is 19.3 Å². The second kappa shape index (κ2) is 6.29. The Morgan fingerprint density at radius 1 is 1.24 bits per heavy atom. The minimum absolute atomic E-state index is 0.302. The van der Waals surface area contributed by atoms with Crippen LogP contribution in [0.15, 0.2) is 12.5 Å². The first-order valence-electron chi connectivity index (χ1n) is 8.84. The van der Waals surface area contributed by atoms with Gasteiger partial charge in [-0.05, 0) is 38.2 Å². The predicted molar refractivity (Wildman–Crippen MR) is 90.9 cm³/mol. The molecule has 1 saturated heterocycles. The molecule has 2 aliphatic heterocycles. The molecule has 0 unspecified atom stereocenters. The van der Waals surface area contributed by atoms with Crippen LogP contribution in [0.5, 0.6) is 0 Å². The van der Waals surface area contributed by atoms with Crippen LogP contribution in [-0.4, -0.2) is 39.6 Å². The van der Waals surface area contributed by atoms with E-state index in [0.717, 1.165) is 30.8 Å². The number of aromatic nitrogens is 4.